The van der Waals surface area contributed by atoms with E-state index >= 15 is 0 Å². The van der Waals surface area contributed by atoms with Crippen LogP contribution in [0.4, 0.5) is 10.6 Å². The second kappa shape index (κ2) is 2.58. The number of urea groups is 1. The lowest BCUT2D eigenvalue weighted by molar-refractivity contribution is 0.236. The van der Waals surface area contributed by atoms with Crippen LogP contribution in [0.25, 0.3) is 5.70 Å². The minimum atomic E-state index is -0.198. The molecule has 1 aromatic heterocycles. The number of carbonyl (C=O) groups is 1. The molecule has 2 heterocycles. The Labute approximate surface area is 75.9 Å². The van der Waals surface area contributed by atoms with Crippen LogP contribution in [0.2, 0.25) is 0 Å². The van der Waals surface area contributed by atoms with Crippen LogP contribution in [0.1, 0.15) is 5.56 Å². The van der Waals surface area contributed by atoms with Crippen molar-refractivity contribution in [2.24, 2.45) is 0 Å². The number of carbonyl (C=O) groups excluding carboxylic acids is 1. The highest BCUT2D eigenvalue weighted by Gasteiger charge is 2.22. The standard InChI is InChI=1S/C9H9N3O/c1-6-7-4-3-5-10-8(7)11-9(13)12(6)2/h3-5H,1H2,2H3,(H,10,11,13). The van der Waals surface area contributed by atoms with Crippen LogP contribution in [0, 0.1) is 0 Å². The first-order valence-corrected chi connectivity index (χ1v) is 3.89. The predicted octanol–water partition coefficient (Wildman–Crippen LogP) is 1.53. The third kappa shape index (κ3) is 1.07. The zero-order valence-electron chi connectivity index (χ0n) is 7.24. The van der Waals surface area contributed by atoms with Crippen molar-refractivity contribution in [2.75, 3.05) is 12.4 Å². The van der Waals surface area contributed by atoms with Crippen molar-refractivity contribution in [3.63, 3.8) is 0 Å². The van der Waals surface area contributed by atoms with Crippen molar-refractivity contribution < 1.29 is 4.79 Å². The molecule has 0 aliphatic carbocycles. The van der Waals surface area contributed by atoms with E-state index < -0.39 is 0 Å². The molecule has 0 spiro atoms. The number of aromatic nitrogens is 1. The van der Waals surface area contributed by atoms with Gasteiger partial charge < -0.3 is 0 Å². The second-order valence-corrected chi connectivity index (χ2v) is 2.84. The molecule has 0 atom stereocenters. The monoisotopic (exact) mass is 175 g/mol. The molecule has 2 amide bonds. The summed E-state index contributed by atoms with van der Waals surface area (Å²) in [6.07, 6.45) is 1.64. The van der Waals surface area contributed by atoms with Gasteiger partial charge >= 0.3 is 6.03 Å². The number of anilines is 1. The average molecular weight is 175 g/mol. The highest BCUT2D eigenvalue weighted by Crippen LogP contribution is 2.27. The smallest absolute Gasteiger partial charge is 0.297 e. The highest BCUT2D eigenvalue weighted by molar-refractivity contribution is 6.01. The van der Waals surface area contributed by atoms with Crippen molar-refractivity contribution in [3.8, 4) is 0 Å². The van der Waals surface area contributed by atoms with Crippen LogP contribution in [-0.2, 0) is 0 Å². The summed E-state index contributed by atoms with van der Waals surface area (Å²) in [5.74, 6) is 0.579. The maximum atomic E-state index is 11.3. The normalized spacial score (nSPS) is 15.3. The van der Waals surface area contributed by atoms with Crippen molar-refractivity contribution in [1.82, 2.24) is 9.88 Å². The highest BCUT2D eigenvalue weighted by atomic mass is 16.2. The second-order valence-electron chi connectivity index (χ2n) is 2.84. The molecule has 0 bridgehead atoms. The largest absolute Gasteiger partial charge is 0.327 e. The van der Waals surface area contributed by atoms with Gasteiger partial charge in [0.05, 0.1) is 0 Å². The van der Waals surface area contributed by atoms with Crippen LogP contribution in [0.5, 0.6) is 0 Å². The Hall–Kier alpha value is -1.84. The van der Waals surface area contributed by atoms with Gasteiger partial charge in [0.25, 0.3) is 0 Å². The first kappa shape index (κ1) is 7.79. The third-order valence-corrected chi connectivity index (χ3v) is 2.05. The minimum Gasteiger partial charge on any atom is -0.297 e. The Kier molecular flexibility index (Phi) is 1.55. The molecule has 1 aliphatic rings. The zero-order valence-corrected chi connectivity index (χ0v) is 7.24. The molecule has 0 saturated heterocycles. The van der Waals surface area contributed by atoms with Crippen molar-refractivity contribution in [1.29, 1.82) is 0 Å². The molecule has 66 valence electrons. The Morgan fingerprint density at radius 2 is 2.38 bits per heavy atom. The summed E-state index contributed by atoms with van der Waals surface area (Å²) in [5, 5.41) is 2.66. The van der Waals surface area contributed by atoms with E-state index in [9.17, 15) is 4.79 Å². The van der Waals surface area contributed by atoms with Crippen molar-refractivity contribution in [3.05, 3.63) is 30.5 Å². The van der Waals surface area contributed by atoms with Gasteiger partial charge in [0.1, 0.15) is 5.82 Å². The zero-order chi connectivity index (χ0) is 9.42. The first-order valence-electron chi connectivity index (χ1n) is 3.89. The maximum absolute atomic E-state index is 11.3. The topological polar surface area (TPSA) is 45.2 Å². The summed E-state index contributed by atoms with van der Waals surface area (Å²) in [6.45, 7) is 3.81. The van der Waals surface area contributed by atoms with Gasteiger partial charge in [-0.3, -0.25) is 10.2 Å². The Balaban J connectivity index is 2.55. The lowest BCUT2D eigenvalue weighted by Crippen LogP contribution is -2.34. The summed E-state index contributed by atoms with van der Waals surface area (Å²) >= 11 is 0. The van der Waals surface area contributed by atoms with E-state index in [4.69, 9.17) is 0 Å². The Morgan fingerprint density at radius 3 is 3.15 bits per heavy atom. The maximum Gasteiger partial charge on any atom is 0.327 e. The number of hydrogen-bond acceptors (Lipinski definition) is 2. The number of nitrogens with zero attached hydrogens (tertiary/aromatic N) is 2. The fourth-order valence-corrected chi connectivity index (χ4v) is 1.23. The van der Waals surface area contributed by atoms with E-state index in [0.29, 0.717) is 11.5 Å². The number of rotatable bonds is 0. The summed E-state index contributed by atoms with van der Waals surface area (Å²) in [7, 11) is 1.67. The van der Waals surface area contributed by atoms with Crippen LogP contribution < -0.4 is 5.32 Å². The van der Waals surface area contributed by atoms with Gasteiger partial charge in [-0.2, -0.15) is 0 Å². The van der Waals surface area contributed by atoms with Gasteiger partial charge in [-0.05, 0) is 12.1 Å². The van der Waals surface area contributed by atoms with Gasteiger partial charge in [-0.15, -0.1) is 0 Å². The fraction of sp³-hybridized carbons (Fsp3) is 0.111. The number of amides is 2. The van der Waals surface area contributed by atoms with E-state index in [1.54, 1.807) is 13.2 Å². The molecule has 0 radical (unpaired) electrons. The minimum absolute atomic E-state index is 0.198. The van der Waals surface area contributed by atoms with E-state index in [2.05, 4.69) is 16.9 Å². The summed E-state index contributed by atoms with van der Waals surface area (Å²) < 4.78 is 0. The van der Waals surface area contributed by atoms with Crippen LogP contribution in [0.15, 0.2) is 24.9 Å². The molecular formula is C9H9N3O. The van der Waals surface area contributed by atoms with Gasteiger partial charge in [0, 0.05) is 24.5 Å². The molecule has 1 aromatic rings. The van der Waals surface area contributed by atoms with E-state index in [-0.39, 0.29) is 6.03 Å². The SMILES string of the molecule is C=C1c2cccnc2NC(=O)N1C. The van der Waals surface area contributed by atoms with Gasteiger partial charge in [-0.25, -0.2) is 9.78 Å². The molecule has 13 heavy (non-hydrogen) atoms. The fourth-order valence-electron chi connectivity index (χ4n) is 1.23. The summed E-state index contributed by atoms with van der Waals surface area (Å²) in [4.78, 5) is 16.8. The molecule has 1 N–H and O–H groups in total. The molecule has 0 fully saturated rings. The van der Waals surface area contributed by atoms with Gasteiger partial charge in [-0.1, -0.05) is 6.58 Å². The van der Waals surface area contributed by atoms with Crippen molar-refractivity contribution >= 4 is 17.5 Å². The third-order valence-electron chi connectivity index (χ3n) is 2.05. The van der Waals surface area contributed by atoms with Gasteiger partial charge in [0.15, 0.2) is 0 Å². The molecule has 0 aromatic carbocycles. The summed E-state index contributed by atoms with van der Waals surface area (Å²) in [5.41, 5.74) is 1.54. The molecular weight excluding hydrogens is 166 g/mol. The van der Waals surface area contributed by atoms with Crippen LogP contribution in [-0.4, -0.2) is 23.0 Å². The van der Waals surface area contributed by atoms with Crippen LogP contribution >= 0.6 is 0 Å². The molecule has 0 saturated carbocycles. The lowest BCUT2D eigenvalue weighted by Gasteiger charge is -2.26. The van der Waals surface area contributed by atoms with Gasteiger partial charge in [0.2, 0.25) is 0 Å². The van der Waals surface area contributed by atoms with Crippen molar-refractivity contribution in [2.45, 2.75) is 0 Å². The number of nitrogens with one attached hydrogen (secondary N) is 1. The lowest BCUT2D eigenvalue weighted by atomic mass is 10.1. The quantitative estimate of drug-likeness (QED) is 0.649. The van der Waals surface area contributed by atoms with Crippen LogP contribution in [0.3, 0.4) is 0 Å². The first-order chi connectivity index (χ1) is 6.20. The summed E-state index contributed by atoms with van der Waals surface area (Å²) in [6, 6.07) is 3.49. The van der Waals surface area contributed by atoms with E-state index in [1.165, 1.54) is 4.90 Å². The molecule has 4 heteroatoms. The molecule has 4 nitrogen and oxygen atoms in total. The molecule has 1 aliphatic heterocycles. The average Bonchev–Trinajstić information content (AvgIpc) is 2.15. The Morgan fingerprint density at radius 1 is 1.62 bits per heavy atom. The van der Waals surface area contributed by atoms with E-state index in [1.807, 2.05) is 12.1 Å². The number of fused-ring (bicyclic) bond motifs is 1. The molecule has 0 unspecified atom stereocenters. The Bertz CT molecular complexity index is 386. The van der Waals surface area contributed by atoms with E-state index in [0.717, 1.165) is 5.56 Å². The predicted molar refractivity (Wildman–Crippen MR) is 50.1 cm³/mol. The number of hydrogen-bond donors (Lipinski definition) is 1. The number of pyridine rings is 1. The molecule has 2 rings (SSSR count).